The molecule has 4 aromatic heterocycles. The fourth-order valence-corrected chi connectivity index (χ4v) is 7.07. The van der Waals surface area contributed by atoms with E-state index in [2.05, 4.69) is 109 Å². The molecule has 0 spiro atoms. The fraction of sp³-hybridized carbons (Fsp3) is 0.125. The van der Waals surface area contributed by atoms with Crippen molar-refractivity contribution in [1.29, 1.82) is 0 Å². The quantitative estimate of drug-likeness (QED) is 0.131. The van der Waals surface area contributed by atoms with Crippen molar-refractivity contribution in [3.63, 3.8) is 0 Å². The Morgan fingerprint density at radius 1 is 0.566 bits per heavy atom. The summed E-state index contributed by atoms with van der Waals surface area (Å²) in [4.78, 5) is 9.07. The predicted molar refractivity (Wildman–Crippen MR) is 215 cm³/mol. The molecule has 4 nitrogen and oxygen atoms in total. The van der Waals surface area contributed by atoms with Gasteiger partial charge in [0.25, 0.3) is 0 Å². The van der Waals surface area contributed by atoms with Crippen molar-refractivity contribution in [3.05, 3.63) is 157 Å². The van der Waals surface area contributed by atoms with Crippen LogP contribution in [0.3, 0.4) is 0 Å². The maximum absolute atomic E-state index is 8.22. The Bertz CT molecular complexity index is 2990. The number of nitrogens with zero attached hydrogens (tertiary/aromatic N) is 2. The molecule has 0 saturated heterocycles. The van der Waals surface area contributed by atoms with Crippen molar-refractivity contribution in [2.24, 2.45) is 0 Å². The number of pyridine rings is 2. The zero-order valence-electron chi connectivity index (χ0n) is 30.8. The zero-order chi connectivity index (χ0) is 36.3. The molecule has 6 aromatic carbocycles. The van der Waals surface area contributed by atoms with Gasteiger partial charge in [-0.25, -0.2) is 0 Å². The average Bonchev–Trinajstić information content (AvgIpc) is 3.74. The van der Waals surface area contributed by atoms with Crippen LogP contribution in [0, 0.1) is 12.1 Å². The molecule has 53 heavy (non-hydrogen) atoms. The molecule has 0 atom stereocenters. The van der Waals surface area contributed by atoms with Crippen LogP contribution in [-0.4, -0.2) is 9.97 Å². The third kappa shape index (κ3) is 6.31. The molecule has 5 heteroatoms. The van der Waals surface area contributed by atoms with E-state index in [1.165, 1.54) is 27.1 Å². The van der Waals surface area contributed by atoms with E-state index in [4.69, 9.17) is 10.2 Å². The number of furan rings is 2. The summed E-state index contributed by atoms with van der Waals surface area (Å²) < 4.78 is 20.6. The van der Waals surface area contributed by atoms with Gasteiger partial charge in [-0.2, -0.15) is 0 Å². The van der Waals surface area contributed by atoms with Crippen LogP contribution in [0.15, 0.2) is 143 Å². The maximum atomic E-state index is 8.22. The summed E-state index contributed by atoms with van der Waals surface area (Å²) in [5.74, 6) is -0.197. The van der Waals surface area contributed by atoms with Gasteiger partial charge < -0.3 is 18.8 Å². The minimum Gasteiger partial charge on any atom is -0.501 e. The number of fused-ring (bicyclic) bond motifs is 9. The van der Waals surface area contributed by atoms with Crippen molar-refractivity contribution in [1.82, 2.24) is 9.97 Å². The molecular weight excluding hydrogens is 829 g/mol. The molecule has 0 aliphatic carbocycles. The number of hydrogen-bond donors (Lipinski definition) is 0. The molecule has 1 radical (unpaired) electrons. The van der Waals surface area contributed by atoms with Gasteiger partial charge in [-0.3, -0.25) is 0 Å². The molecule has 0 fully saturated rings. The summed E-state index contributed by atoms with van der Waals surface area (Å²) in [6.45, 7) is 8.15. The topological polar surface area (TPSA) is 52.1 Å². The number of aromatic nitrogens is 2. The average molecular weight is 866 g/mol. The monoisotopic (exact) mass is 866 g/mol. The van der Waals surface area contributed by atoms with Crippen LogP contribution in [0.25, 0.3) is 87.9 Å². The summed E-state index contributed by atoms with van der Waals surface area (Å²) in [5, 5.41) is 9.12. The molecule has 0 N–H and O–H groups in total. The zero-order valence-corrected chi connectivity index (χ0v) is 32.2. The van der Waals surface area contributed by atoms with Gasteiger partial charge in [0, 0.05) is 50.0 Å². The second-order valence-corrected chi connectivity index (χ2v) is 13.8. The number of rotatable bonds is 4. The first-order valence-electron chi connectivity index (χ1n) is 18.2. The van der Waals surface area contributed by atoms with Gasteiger partial charge in [0.05, 0.1) is 5.58 Å². The van der Waals surface area contributed by atoms with E-state index in [1.54, 1.807) is 6.20 Å². The van der Waals surface area contributed by atoms with Gasteiger partial charge in [-0.05, 0) is 58.9 Å². The molecule has 10 aromatic rings. The Kier molecular flexibility index (Phi) is 8.83. The van der Waals surface area contributed by atoms with Crippen LogP contribution in [0.5, 0.6) is 0 Å². The summed E-state index contributed by atoms with van der Waals surface area (Å²) in [5.41, 5.74) is 9.23. The minimum atomic E-state index is -0.634. The molecule has 0 unspecified atom stereocenters. The number of benzene rings is 6. The Morgan fingerprint density at radius 2 is 1.25 bits per heavy atom. The third-order valence-corrected chi connectivity index (χ3v) is 9.93. The first-order valence-corrected chi connectivity index (χ1v) is 17.7. The van der Waals surface area contributed by atoms with Gasteiger partial charge in [-0.1, -0.05) is 127 Å². The Labute approximate surface area is 323 Å². The minimum absolute atomic E-state index is 0. The first kappa shape index (κ1) is 33.2. The van der Waals surface area contributed by atoms with E-state index >= 15 is 0 Å². The smallest absolute Gasteiger partial charge is 0.136 e. The van der Waals surface area contributed by atoms with Crippen LogP contribution in [-0.2, 0) is 20.1 Å². The molecule has 0 aliphatic rings. The van der Waals surface area contributed by atoms with Crippen molar-refractivity contribution in [2.75, 3.05) is 0 Å². The molecular formula is C48H36IrN2O2-2. The van der Waals surface area contributed by atoms with E-state index in [0.717, 1.165) is 72.0 Å². The second-order valence-electron chi connectivity index (χ2n) is 13.8. The fourth-order valence-electron chi connectivity index (χ4n) is 7.07. The van der Waals surface area contributed by atoms with Crippen LogP contribution in [0.1, 0.15) is 52.0 Å². The Hall–Kier alpha value is -5.61. The molecule has 0 aliphatic heterocycles. The van der Waals surface area contributed by atoms with E-state index in [-0.39, 0.29) is 20.1 Å². The Balaban J connectivity index is 0.000000153. The first-order chi connectivity index (χ1) is 25.7. The van der Waals surface area contributed by atoms with Crippen molar-refractivity contribution >= 4 is 65.4 Å². The Morgan fingerprint density at radius 3 is 2.06 bits per heavy atom. The van der Waals surface area contributed by atoms with Crippen LogP contribution >= 0.6 is 0 Å². The normalized spacial score (nSPS) is 12.1. The van der Waals surface area contributed by atoms with Crippen LogP contribution < -0.4 is 0 Å². The SMILES string of the molecule is CC(C)c1ccnc(-c2[c-]ccc3c2oc2cc4c(cc23)oc2ccccc24)c1.[2H]C(C)(C)c1ccnc(-c2[c-]cc3c(ccc4ccccc43)c2)c1.[Ir]. The van der Waals surface area contributed by atoms with Crippen molar-refractivity contribution in [2.45, 2.75) is 39.5 Å². The van der Waals surface area contributed by atoms with E-state index in [1.807, 2.05) is 68.6 Å². The molecule has 261 valence electrons. The van der Waals surface area contributed by atoms with Crippen molar-refractivity contribution in [3.8, 4) is 22.5 Å². The molecule has 0 saturated carbocycles. The second kappa shape index (κ2) is 14.1. The summed E-state index contributed by atoms with van der Waals surface area (Å²) in [6, 6.07) is 47.9. The van der Waals surface area contributed by atoms with Crippen LogP contribution in [0.4, 0.5) is 0 Å². The van der Waals surface area contributed by atoms with E-state index in [9.17, 15) is 0 Å². The van der Waals surface area contributed by atoms with E-state index in [0.29, 0.717) is 5.92 Å². The molecule has 4 heterocycles. The maximum Gasteiger partial charge on any atom is 0.136 e. The summed E-state index contributed by atoms with van der Waals surface area (Å²) in [7, 11) is 0. The number of para-hydroxylation sites is 1. The van der Waals surface area contributed by atoms with Gasteiger partial charge in [0.15, 0.2) is 0 Å². The van der Waals surface area contributed by atoms with Gasteiger partial charge >= 0.3 is 0 Å². The van der Waals surface area contributed by atoms with Gasteiger partial charge in [0.1, 0.15) is 16.7 Å². The van der Waals surface area contributed by atoms with Crippen molar-refractivity contribution < 1.29 is 30.3 Å². The largest absolute Gasteiger partial charge is 0.501 e. The van der Waals surface area contributed by atoms with Gasteiger partial charge in [0.2, 0.25) is 0 Å². The molecule has 10 rings (SSSR count). The van der Waals surface area contributed by atoms with E-state index < -0.39 is 5.89 Å². The standard InChI is InChI=1S/C26H18NO2.C22H18N.Ir/c1-15(2)16-10-11-27-22(12-16)19-8-5-7-18-21-14-24-20(13-25(21)29-26(18)19)17-6-3-4-9-23(17)28-24;1-15(2)17-11-12-23-22(14-17)19-9-10-21-18(13-19)8-7-16-5-3-4-6-20(16)21;/h3-7,9-15H,1-2H3;3-8,10-15H,1-2H3;/q2*-1;/i;15D;. The third-order valence-electron chi connectivity index (χ3n) is 9.93. The van der Waals surface area contributed by atoms with Crippen LogP contribution in [0.2, 0.25) is 0 Å². The number of hydrogen-bond acceptors (Lipinski definition) is 4. The van der Waals surface area contributed by atoms with Gasteiger partial charge in [-0.15, -0.1) is 47.3 Å². The summed E-state index contributed by atoms with van der Waals surface area (Å²) in [6.07, 6.45) is 3.64. The molecule has 0 bridgehead atoms. The summed E-state index contributed by atoms with van der Waals surface area (Å²) >= 11 is 0. The predicted octanol–water partition coefficient (Wildman–Crippen LogP) is 13.4. The molecule has 0 amide bonds.